The van der Waals surface area contributed by atoms with Crippen molar-refractivity contribution in [1.29, 1.82) is 0 Å². The molecule has 3 rings (SSSR count). The second kappa shape index (κ2) is 7.39. The highest BCUT2D eigenvalue weighted by molar-refractivity contribution is 9.10. The molecule has 2 aromatic rings. The molecule has 7 heteroatoms. The van der Waals surface area contributed by atoms with E-state index in [0.717, 1.165) is 46.7 Å². The summed E-state index contributed by atoms with van der Waals surface area (Å²) in [4.78, 5) is 27.6. The molecule has 1 saturated carbocycles. The summed E-state index contributed by atoms with van der Waals surface area (Å²) in [6.07, 6.45) is 4.21. The maximum absolute atomic E-state index is 12.1. The normalized spacial score (nSPS) is 20.2. The third-order valence-electron chi connectivity index (χ3n) is 4.61. The van der Waals surface area contributed by atoms with Gasteiger partial charge in [0.1, 0.15) is 0 Å². The van der Waals surface area contributed by atoms with Crippen LogP contribution in [0, 0.1) is 0 Å². The van der Waals surface area contributed by atoms with Crippen molar-refractivity contribution in [2.24, 2.45) is 0 Å². The van der Waals surface area contributed by atoms with Crippen LogP contribution in [0.4, 0.5) is 10.5 Å². The molecule has 1 aliphatic carbocycles. The highest BCUT2D eigenvalue weighted by Gasteiger charge is 2.28. The SMILES string of the molecule is CC(=O)c1cnc2ccc(Br)cc2c1NC1CCCCC1NC(=O)O. The summed E-state index contributed by atoms with van der Waals surface area (Å²) in [7, 11) is 0. The van der Waals surface area contributed by atoms with Crippen molar-refractivity contribution in [3.63, 3.8) is 0 Å². The van der Waals surface area contributed by atoms with Crippen molar-refractivity contribution in [2.45, 2.75) is 44.7 Å². The van der Waals surface area contributed by atoms with E-state index in [1.165, 1.54) is 6.92 Å². The second-order valence-electron chi connectivity index (χ2n) is 6.36. The number of nitrogens with zero attached hydrogens (tertiary/aromatic N) is 1. The van der Waals surface area contributed by atoms with Gasteiger partial charge < -0.3 is 15.7 Å². The quantitative estimate of drug-likeness (QED) is 0.663. The van der Waals surface area contributed by atoms with E-state index in [2.05, 4.69) is 31.5 Å². The largest absolute Gasteiger partial charge is 0.465 e. The molecule has 1 fully saturated rings. The summed E-state index contributed by atoms with van der Waals surface area (Å²) in [5.74, 6) is -0.0737. The number of Topliss-reactive ketones (excluding diaryl/α,β-unsaturated/α-hetero) is 1. The molecule has 25 heavy (non-hydrogen) atoms. The number of carbonyl (C=O) groups excluding carboxylic acids is 1. The number of benzene rings is 1. The third kappa shape index (κ3) is 3.92. The molecule has 6 nitrogen and oxygen atoms in total. The molecule has 3 N–H and O–H groups in total. The minimum absolute atomic E-state index is 0.0625. The summed E-state index contributed by atoms with van der Waals surface area (Å²) in [6.45, 7) is 1.51. The fourth-order valence-electron chi connectivity index (χ4n) is 3.41. The Hall–Kier alpha value is -2.15. The molecular weight excluding hydrogens is 386 g/mol. The molecule has 1 aliphatic rings. The van der Waals surface area contributed by atoms with Crippen LogP contribution in [0.5, 0.6) is 0 Å². The second-order valence-corrected chi connectivity index (χ2v) is 7.27. The Morgan fingerprint density at radius 3 is 2.64 bits per heavy atom. The van der Waals surface area contributed by atoms with Crippen molar-refractivity contribution < 1.29 is 14.7 Å². The van der Waals surface area contributed by atoms with Gasteiger partial charge in [0, 0.05) is 22.1 Å². The number of aromatic nitrogens is 1. The molecule has 2 atom stereocenters. The third-order valence-corrected chi connectivity index (χ3v) is 5.11. The number of carboxylic acid groups (broad SMARTS) is 1. The first-order valence-electron chi connectivity index (χ1n) is 8.31. The van der Waals surface area contributed by atoms with Crippen molar-refractivity contribution in [2.75, 3.05) is 5.32 Å². The van der Waals surface area contributed by atoms with Gasteiger partial charge >= 0.3 is 6.09 Å². The lowest BCUT2D eigenvalue weighted by Crippen LogP contribution is -2.48. The van der Waals surface area contributed by atoms with Gasteiger partial charge in [0.2, 0.25) is 0 Å². The van der Waals surface area contributed by atoms with Crippen LogP contribution in [0.3, 0.4) is 0 Å². The Morgan fingerprint density at radius 1 is 1.24 bits per heavy atom. The predicted octanol–water partition coefficient (Wildman–Crippen LogP) is 4.19. The molecule has 1 heterocycles. The van der Waals surface area contributed by atoms with Crippen molar-refractivity contribution in [3.05, 3.63) is 34.4 Å². The molecule has 1 amide bonds. The number of hydrogen-bond acceptors (Lipinski definition) is 4. The van der Waals surface area contributed by atoms with Crippen LogP contribution in [0.15, 0.2) is 28.9 Å². The number of pyridine rings is 1. The number of carbonyl (C=O) groups is 2. The van der Waals surface area contributed by atoms with Gasteiger partial charge in [-0.3, -0.25) is 9.78 Å². The van der Waals surface area contributed by atoms with Gasteiger partial charge in [-0.05, 0) is 38.0 Å². The molecule has 132 valence electrons. The lowest BCUT2D eigenvalue weighted by molar-refractivity contribution is 0.101. The molecule has 0 radical (unpaired) electrons. The number of fused-ring (bicyclic) bond motifs is 1. The average Bonchev–Trinajstić information content (AvgIpc) is 2.56. The van der Waals surface area contributed by atoms with E-state index in [1.54, 1.807) is 6.20 Å². The van der Waals surface area contributed by atoms with Crippen LogP contribution in [-0.2, 0) is 0 Å². The van der Waals surface area contributed by atoms with E-state index in [4.69, 9.17) is 5.11 Å². The Labute approximate surface area is 154 Å². The lowest BCUT2D eigenvalue weighted by Gasteiger charge is -2.33. The molecule has 1 aromatic heterocycles. The number of rotatable bonds is 4. The van der Waals surface area contributed by atoms with Gasteiger partial charge in [-0.1, -0.05) is 28.8 Å². The summed E-state index contributed by atoms with van der Waals surface area (Å²) < 4.78 is 0.898. The number of hydrogen-bond donors (Lipinski definition) is 3. The van der Waals surface area contributed by atoms with Crippen LogP contribution in [0.2, 0.25) is 0 Å². The Morgan fingerprint density at radius 2 is 1.96 bits per heavy atom. The van der Waals surface area contributed by atoms with E-state index in [0.29, 0.717) is 5.56 Å². The number of anilines is 1. The zero-order valence-corrected chi connectivity index (χ0v) is 15.5. The van der Waals surface area contributed by atoms with E-state index >= 15 is 0 Å². The topological polar surface area (TPSA) is 91.3 Å². The maximum Gasteiger partial charge on any atom is 0.404 e. The maximum atomic E-state index is 12.1. The standard InChI is InChI=1S/C18H20BrN3O3/c1-10(23)13-9-20-14-7-6-11(19)8-12(14)17(13)21-15-4-2-3-5-16(15)22-18(24)25/h6-9,15-16,22H,2-5H2,1H3,(H,20,21)(H,24,25). The van der Waals surface area contributed by atoms with Gasteiger partial charge in [0.25, 0.3) is 0 Å². The molecular formula is C18H20BrN3O3. The minimum Gasteiger partial charge on any atom is -0.465 e. The summed E-state index contributed by atoms with van der Waals surface area (Å²) in [5, 5.41) is 16.0. The zero-order chi connectivity index (χ0) is 18.0. The summed E-state index contributed by atoms with van der Waals surface area (Å²) in [6, 6.07) is 5.48. The smallest absolute Gasteiger partial charge is 0.404 e. The first-order valence-corrected chi connectivity index (χ1v) is 9.10. The van der Waals surface area contributed by atoms with Crippen LogP contribution >= 0.6 is 15.9 Å². The minimum atomic E-state index is -1.02. The van der Waals surface area contributed by atoms with Crippen molar-refractivity contribution in [1.82, 2.24) is 10.3 Å². The number of ketones is 1. The lowest BCUT2D eigenvalue weighted by atomic mass is 9.89. The van der Waals surface area contributed by atoms with Crippen LogP contribution in [0.1, 0.15) is 43.0 Å². The Kier molecular flexibility index (Phi) is 5.22. The molecule has 0 aliphatic heterocycles. The average molecular weight is 406 g/mol. The first kappa shape index (κ1) is 17.7. The number of halogens is 1. The first-order chi connectivity index (χ1) is 12.0. The molecule has 1 aromatic carbocycles. The van der Waals surface area contributed by atoms with E-state index < -0.39 is 6.09 Å². The van der Waals surface area contributed by atoms with E-state index in [9.17, 15) is 9.59 Å². The summed E-state index contributed by atoms with van der Waals surface area (Å²) in [5.41, 5.74) is 2.03. The van der Waals surface area contributed by atoms with E-state index in [-0.39, 0.29) is 17.9 Å². The monoisotopic (exact) mass is 405 g/mol. The van der Waals surface area contributed by atoms with Crippen molar-refractivity contribution in [3.8, 4) is 0 Å². The van der Waals surface area contributed by atoms with Gasteiger partial charge in [-0.2, -0.15) is 0 Å². The highest BCUT2D eigenvalue weighted by atomic mass is 79.9. The van der Waals surface area contributed by atoms with E-state index in [1.807, 2.05) is 18.2 Å². The fourth-order valence-corrected chi connectivity index (χ4v) is 3.77. The van der Waals surface area contributed by atoms with Crippen LogP contribution in [0.25, 0.3) is 10.9 Å². The summed E-state index contributed by atoms with van der Waals surface area (Å²) >= 11 is 3.47. The number of amides is 1. The van der Waals surface area contributed by atoms with Gasteiger partial charge in [-0.25, -0.2) is 4.79 Å². The predicted molar refractivity (Wildman–Crippen MR) is 100 cm³/mol. The highest BCUT2D eigenvalue weighted by Crippen LogP contribution is 2.32. The molecule has 0 bridgehead atoms. The molecule has 2 unspecified atom stereocenters. The zero-order valence-electron chi connectivity index (χ0n) is 13.9. The number of nitrogens with one attached hydrogen (secondary N) is 2. The van der Waals surface area contributed by atoms with Gasteiger partial charge in [-0.15, -0.1) is 0 Å². The Bertz CT molecular complexity index is 825. The fraction of sp³-hybridized carbons (Fsp3) is 0.389. The van der Waals surface area contributed by atoms with Gasteiger partial charge in [0.05, 0.1) is 22.8 Å². The van der Waals surface area contributed by atoms with Crippen LogP contribution in [-0.4, -0.2) is 34.1 Å². The Balaban J connectivity index is 2.03. The molecule has 0 saturated heterocycles. The van der Waals surface area contributed by atoms with Gasteiger partial charge in [0.15, 0.2) is 5.78 Å². The molecule has 0 spiro atoms. The van der Waals surface area contributed by atoms with Crippen LogP contribution < -0.4 is 10.6 Å². The van der Waals surface area contributed by atoms with Crippen molar-refractivity contribution >= 4 is 44.4 Å².